The molecular weight excluding hydrogens is 272 g/mol. The Hall–Kier alpha value is -1.39. The van der Waals surface area contributed by atoms with Crippen LogP contribution in [0.1, 0.15) is 59.8 Å². The van der Waals surface area contributed by atoms with Gasteiger partial charge >= 0.3 is 11.9 Å². The Kier molecular flexibility index (Phi) is 8.90. The Bertz CT molecular complexity index is 364. The van der Waals surface area contributed by atoms with E-state index in [2.05, 4.69) is 0 Å². The summed E-state index contributed by atoms with van der Waals surface area (Å²) in [4.78, 5) is 33.2. The molecule has 5 heteroatoms. The Morgan fingerprint density at radius 2 is 1.48 bits per heavy atom. The monoisotopic (exact) mass is 300 g/mol. The molecule has 21 heavy (non-hydrogen) atoms. The fourth-order valence-electron chi connectivity index (χ4n) is 2.70. The van der Waals surface area contributed by atoms with Crippen LogP contribution in [0.15, 0.2) is 0 Å². The van der Waals surface area contributed by atoms with E-state index in [0.29, 0.717) is 6.42 Å². The van der Waals surface area contributed by atoms with Crippen LogP contribution in [0, 0.1) is 23.7 Å². The smallest absolute Gasteiger partial charge is 0.306 e. The lowest BCUT2D eigenvalue weighted by molar-refractivity contribution is -0.144. The van der Waals surface area contributed by atoms with Gasteiger partial charge in [-0.2, -0.15) is 0 Å². The maximum absolute atomic E-state index is 11.6. The van der Waals surface area contributed by atoms with Crippen molar-refractivity contribution in [1.82, 2.24) is 0 Å². The molecule has 4 atom stereocenters. The summed E-state index contributed by atoms with van der Waals surface area (Å²) in [7, 11) is 0. The van der Waals surface area contributed by atoms with Crippen molar-refractivity contribution in [1.29, 1.82) is 0 Å². The van der Waals surface area contributed by atoms with Crippen LogP contribution in [0.4, 0.5) is 0 Å². The average Bonchev–Trinajstić information content (AvgIpc) is 2.39. The van der Waals surface area contributed by atoms with Gasteiger partial charge in [-0.15, -0.1) is 0 Å². The Labute approximate surface area is 126 Å². The van der Waals surface area contributed by atoms with Gasteiger partial charge in [-0.3, -0.25) is 14.4 Å². The lowest BCUT2D eigenvalue weighted by atomic mass is 9.73. The molecule has 0 aromatic rings. The van der Waals surface area contributed by atoms with Crippen molar-refractivity contribution in [3.63, 3.8) is 0 Å². The molecule has 0 amide bonds. The van der Waals surface area contributed by atoms with Gasteiger partial charge < -0.3 is 10.2 Å². The molecule has 0 aliphatic carbocycles. The van der Waals surface area contributed by atoms with E-state index in [1.807, 2.05) is 13.8 Å². The molecular formula is C16H28O5. The van der Waals surface area contributed by atoms with Crippen molar-refractivity contribution in [2.24, 2.45) is 23.7 Å². The van der Waals surface area contributed by atoms with E-state index in [9.17, 15) is 14.4 Å². The number of unbranched alkanes of at least 4 members (excludes halogenated alkanes) is 2. The largest absolute Gasteiger partial charge is 0.481 e. The highest BCUT2D eigenvalue weighted by atomic mass is 16.4. The van der Waals surface area contributed by atoms with Crippen LogP contribution >= 0.6 is 0 Å². The fraction of sp³-hybridized carbons (Fsp3) is 0.812. The topological polar surface area (TPSA) is 91.7 Å². The lowest BCUT2D eigenvalue weighted by Gasteiger charge is -2.30. The number of aliphatic carboxylic acids is 2. The lowest BCUT2D eigenvalue weighted by Crippen LogP contribution is -2.31. The molecule has 0 aromatic carbocycles. The summed E-state index contributed by atoms with van der Waals surface area (Å²) in [6, 6.07) is 0. The molecule has 0 aromatic heterocycles. The van der Waals surface area contributed by atoms with E-state index < -0.39 is 17.9 Å². The van der Waals surface area contributed by atoms with Crippen molar-refractivity contribution in [2.75, 3.05) is 0 Å². The number of hydrogen-bond acceptors (Lipinski definition) is 3. The predicted octanol–water partition coefficient (Wildman–Crippen LogP) is 3.22. The minimum Gasteiger partial charge on any atom is -0.481 e. The zero-order valence-electron chi connectivity index (χ0n) is 13.5. The molecule has 122 valence electrons. The van der Waals surface area contributed by atoms with E-state index in [0.717, 1.165) is 19.3 Å². The van der Waals surface area contributed by atoms with Crippen LogP contribution in [0.25, 0.3) is 0 Å². The summed E-state index contributed by atoms with van der Waals surface area (Å²) in [5.74, 6) is -2.27. The summed E-state index contributed by atoms with van der Waals surface area (Å²) in [5, 5.41) is 17.7. The molecule has 0 saturated carbocycles. The van der Waals surface area contributed by atoms with Gasteiger partial charge in [-0.1, -0.05) is 33.6 Å². The predicted molar refractivity (Wildman–Crippen MR) is 80.0 cm³/mol. The second kappa shape index (κ2) is 9.53. The molecule has 0 spiro atoms. The number of rotatable bonds is 11. The summed E-state index contributed by atoms with van der Waals surface area (Å²) in [6.07, 6.45) is 3.17. The minimum atomic E-state index is -0.839. The van der Waals surface area contributed by atoms with Crippen LogP contribution in [-0.4, -0.2) is 27.9 Å². The van der Waals surface area contributed by atoms with Gasteiger partial charge in [0.1, 0.15) is 5.78 Å². The molecule has 0 bridgehead atoms. The van der Waals surface area contributed by atoms with Crippen LogP contribution in [0.5, 0.6) is 0 Å². The van der Waals surface area contributed by atoms with Crippen LogP contribution in [0.2, 0.25) is 0 Å². The third kappa shape index (κ3) is 7.25. The zero-order valence-corrected chi connectivity index (χ0v) is 13.5. The first-order chi connectivity index (χ1) is 9.68. The molecule has 0 aliphatic heterocycles. The fourth-order valence-corrected chi connectivity index (χ4v) is 2.70. The Morgan fingerprint density at radius 1 is 0.905 bits per heavy atom. The third-order valence-corrected chi connectivity index (χ3v) is 4.57. The standard InChI is InChI=1S/C16H28O5/c1-10(11(2)16(20)21)14(12(3)13(4)17)8-6-5-7-9-15(18)19/h10-12,14H,5-9H2,1-4H3,(H,18,19)(H,20,21). The third-order valence-electron chi connectivity index (χ3n) is 4.57. The van der Waals surface area contributed by atoms with Gasteiger partial charge in [0, 0.05) is 12.3 Å². The number of carbonyl (C=O) groups is 3. The van der Waals surface area contributed by atoms with Crippen LogP contribution in [-0.2, 0) is 14.4 Å². The van der Waals surface area contributed by atoms with Gasteiger partial charge in [0.25, 0.3) is 0 Å². The normalized spacial score (nSPS) is 16.8. The minimum absolute atomic E-state index is 0.0263. The van der Waals surface area contributed by atoms with Crippen LogP contribution in [0.3, 0.4) is 0 Å². The van der Waals surface area contributed by atoms with Gasteiger partial charge in [-0.05, 0) is 31.6 Å². The summed E-state index contributed by atoms with van der Waals surface area (Å²) in [5.41, 5.74) is 0. The highest BCUT2D eigenvalue weighted by Gasteiger charge is 2.32. The highest BCUT2D eigenvalue weighted by molar-refractivity contribution is 5.78. The first-order valence-corrected chi connectivity index (χ1v) is 7.63. The molecule has 0 saturated heterocycles. The second-order valence-electron chi connectivity index (χ2n) is 6.04. The van der Waals surface area contributed by atoms with Gasteiger partial charge in [-0.25, -0.2) is 0 Å². The number of ketones is 1. The Morgan fingerprint density at radius 3 is 1.90 bits per heavy atom. The van der Waals surface area contributed by atoms with E-state index >= 15 is 0 Å². The van der Waals surface area contributed by atoms with E-state index in [1.165, 1.54) is 0 Å². The molecule has 0 fully saturated rings. The molecule has 0 rings (SSSR count). The molecule has 2 N–H and O–H groups in total. The molecule has 4 unspecified atom stereocenters. The van der Waals surface area contributed by atoms with E-state index in [1.54, 1.807) is 13.8 Å². The van der Waals surface area contributed by atoms with Gasteiger partial charge in [0.15, 0.2) is 0 Å². The average molecular weight is 300 g/mol. The molecule has 0 heterocycles. The van der Waals surface area contributed by atoms with E-state index in [-0.39, 0.29) is 30.0 Å². The van der Waals surface area contributed by atoms with Crippen LogP contribution < -0.4 is 0 Å². The van der Waals surface area contributed by atoms with Gasteiger partial charge in [0.2, 0.25) is 0 Å². The summed E-state index contributed by atoms with van der Waals surface area (Å²) < 4.78 is 0. The maximum atomic E-state index is 11.6. The molecule has 0 radical (unpaired) electrons. The first kappa shape index (κ1) is 19.6. The number of carboxylic acids is 2. The summed E-state index contributed by atoms with van der Waals surface area (Å²) >= 11 is 0. The zero-order chi connectivity index (χ0) is 16.6. The number of carbonyl (C=O) groups excluding carboxylic acids is 1. The van der Waals surface area contributed by atoms with Crippen molar-refractivity contribution in [2.45, 2.75) is 59.8 Å². The SMILES string of the molecule is CC(=O)C(C)C(CCCCCC(=O)O)C(C)C(C)C(=O)O. The van der Waals surface area contributed by atoms with Gasteiger partial charge in [0.05, 0.1) is 5.92 Å². The maximum Gasteiger partial charge on any atom is 0.306 e. The van der Waals surface area contributed by atoms with E-state index in [4.69, 9.17) is 10.2 Å². The second-order valence-corrected chi connectivity index (χ2v) is 6.04. The van der Waals surface area contributed by atoms with Crippen molar-refractivity contribution >= 4 is 17.7 Å². The van der Waals surface area contributed by atoms with Crippen molar-refractivity contribution < 1.29 is 24.6 Å². The molecule has 5 nitrogen and oxygen atoms in total. The number of Topliss-reactive ketones (excluding diaryl/α,β-unsaturated/α-hetero) is 1. The Balaban J connectivity index is 4.57. The van der Waals surface area contributed by atoms with Crippen molar-refractivity contribution in [3.05, 3.63) is 0 Å². The number of carboxylic acid groups (broad SMARTS) is 2. The number of hydrogen-bond donors (Lipinski definition) is 2. The quantitative estimate of drug-likeness (QED) is 0.572. The molecule has 0 aliphatic rings. The highest BCUT2D eigenvalue weighted by Crippen LogP contribution is 2.32. The summed E-state index contributed by atoms with van der Waals surface area (Å²) in [6.45, 7) is 6.97. The van der Waals surface area contributed by atoms with Crippen molar-refractivity contribution in [3.8, 4) is 0 Å². The first-order valence-electron chi connectivity index (χ1n) is 7.63.